The highest BCUT2D eigenvalue weighted by molar-refractivity contribution is 5.95. The largest absolute Gasteiger partial charge is 0.478 e. The van der Waals surface area contributed by atoms with Crippen molar-refractivity contribution >= 4 is 17.9 Å². The minimum Gasteiger partial charge on any atom is -0.478 e. The highest BCUT2D eigenvalue weighted by atomic mass is 16.4. The summed E-state index contributed by atoms with van der Waals surface area (Å²) in [6.07, 6.45) is 1.38. The zero-order chi connectivity index (χ0) is 20.0. The third kappa shape index (κ3) is 5.02. The van der Waals surface area contributed by atoms with Crippen LogP contribution in [0, 0.1) is 6.92 Å². The van der Waals surface area contributed by atoms with Crippen molar-refractivity contribution in [2.24, 2.45) is 0 Å². The number of hydrogen-bond donors (Lipinski definition) is 4. The molecule has 0 aliphatic heterocycles. The second-order valence-corrected chi connectivity index (χ2v) is 5.52. The zero-order valence-corrected chi connectivity index (χ0v) is 14.2. The van der Waals surface area contributed by atoms with E-state index < -0.39 is 17.9 Å². The first-order valence-electron chi connectivity index (χ1n) is 7.70. The lowest BCUT2D eigenvalue weighted by Crippen LogP contribution is -2.02. The maximum Gasteiger partial charge on any atom is 0.339 e. The summed E-state index contributed by atoms with van der Waals surface area (Å²) in [7, 11) is 0. The Morgan fingerprint density at radius 3 is 1.89 bits per heavy atom. The summed E-state index contributed by atoms with van der Waals surface area (Å²) >= 11 is 0. The van der Waals surface area contributed by atoms with Gasteiger partial charge in [-0.05, 0) is 30.7 Å². The van der Waals surface area contributed by atoms with E-state index in [1.165, 1.54) is 18.3 Å². The molecule has 1 aromatic heterocycles. The number of rotatable bonds is 4. The van der Waals surface area contributed by atoms with Gasteiger partial charge in [0.1, 0.15) is 11.3 Å². The first-order chi connectivity index (χ1) is 12.8. The van der Waals surface area contributed by atoms with Crippen molar-refractivity contribution in [3.63, 3.8) is 0 Å². The third-order valence-electron chi connectivity index (χ3n) is 3.49. The first-order valence-corrected chi connectivity index (χ1v) is 7.70. The van der Waals surface area contributed by atoms with Gasteiger partial charge in [-0.1, -0.05) is 30.3 Å². The smallest absolute Gasteiger partial charge is 0.339 e. The Kier molecular flexibility index (Phi) is 6.06. The molecule has 138 valence electrons. The van der Waals surface area contributed by atoms with Gasteiger partial charge < -0.3 is 15.3 Å². The van der Waals surface area contributed by atoms with E-state index in [-0.39, 0.29) is 16.7 Å². The molecule has 3 aromatic rings. The van der Waals surface area contributed by atoms with Crippen LogP contribution in [0.5, 0.6) is 0 Å². The molecule has 8 heteroatoms. The summed E-state index contributed by atoms with van der Waals surface area (Å²) in [5.41, 5.74) is 2.08. The van der Waals surface area contributed by atoms with Crippen LogP contribution in [0.15, 0.2) is 54.7 Å². The van der Waals surface area contributed by atoms with Crippen LogP contribution in [0.4, 0.5) is 0 Å². The number of nitrogens with one attached hydrogen (secondary N) is 1. The molecule has 0 aliphatic carbocycles. The number of aromatic amines is 1. The van der Waals surface area contributed by atoms with E-state index in [9.17, 15) is 14.4 Å². The molecule has 1 heterocycles. The molecule has 2 aromatic carbocycles. The van der Waals surface area contributed by atoms with Crippen molar-refractivity contribution in [1.82, 2.24) is 10.2 Å². The summed E-state index contributed by atoms with van der Waals surface area (Å²) in [4.78, 5) is 31.9. The number of aryl methyl sites for hydroxylation is 1. The number of carboxylic acid groups (broad SMARTS) is 3. The van der Waals surface area contributed by atoms with Gasteiger partial charge in [0, 0.05) is 11.8 Å². The van der Waals surface area contributed by atoms with Crippen molar-refractivity contribution < 1.29 is 29.7 Å². The van der Waals surface area contributed by atoms with E-state index in [0.717, 1.165) is 11.6 Å². The summed E-state index contributed by atoms with van der Waals surface area (Å²) in [6.45, 7) is 1.65. The van der Waals surface area contributed by atoms with Gasteiger partial charge in [-0.3, -0.25) is 5.10 Å². The molecule has 0 unspecified atom stereocenters. The van der Waals surface area contributed by atoms with E-state index in [2.05, 4.69) is 10.2 Å². The van der Waals surface area contributed by atoms with Crippen molar-refractivity contribution in [2.75, 3.05) is 0 Å². The van der Waals surface area contributed by atoms with Gasteiger partial charge in [0.15, 0.2) is 0 Å². The van der Waals surface area contributed by atoms with Crippen LogP contribution in [0.1, 0.15) is 36.6 Å². The number of H-pyrrole nitrogens is 1. The maximum absolute atomic E-state index is 10.8. The Balaban J connectivity index is 0.000000194. The number of benzene rings is 2. The number of aromatic nitrogens is 2. The number of nitrogens with zero attached hydrogens (tertiary/aromatic N) is 1. The lowest BCUT2D eigenvalue weighted by Gasteiger charge is -1.99. The molecular weight excluding hydrogens is 352 g/mol. The van der Waals surface area contributed by atoms with Crippen LogP contribution in [0.25, 0.3) is 11.3 Å². The Morgan fingerprint density at radius 1 is 0.852 bits per heavy atom. The van der Waals surface area contributed by atoms with Gasteiger partial charge in [0.05, 0.1) is 11.1 Å². The van der Waals surface area contributed by atoms with E-state index >= 15 is 0 Å². The average molecular weight is 368 g/mol. The quantitative estimate of drug-likeness (QED) is 0.554. The standard InChI is InChI=1S/C10H8N2O2.C9H8O4/c13-10(14)8-6-11-12-9(8)7-4-2-1-3-5-7;1-5-2-6(8(10)11)4-7(3-5)9(12)13/h1-6H,(H,11,12)(H,13,14);2-4H,1H3,(H,10,11)(H,12,13). The number of hydrogen-bond acceptors (Lipinski definition) is 4. The lowest BCUT2D eigenvalue weighted by atomic mass is 10.1. The molecule has 0 radical (unpaired) electrons. The van der Waals surface area contributed by atoms with E-state index in [0.29, 0.717) is 11.3 Å². The Hall–Kier alpha value is -3.94. The first kappa shape index (κ1) is 19.4. The molecule has 0 bridgehead atoms. The fourth-order valence-corrected chi connectivity index (χ4v) is 2.30. The molecule has 0 amide bonds. The van der Waals surface area contributed by atoms with Gasteiger partial charge in [-0.25, -0.2) is 14.4 Å². The van der Waals surface area contributed by atoms with Crippen LogP contribution in [-0.4, -0.2) is 43.4 Å². The average Bonchev–Trinajstić information content (AvgIpc) is 3.12. The number of carbonyl (C=O) groups is 3. The summed E-state index contributed by atoms with van der Waals surface area (Å²) < 4.78 is 0. The lowest BCUT2D eigenvalue weighted by molar-refractivity contribution is 0.0682. The van der Waals surface area contributed by atoms with Gasteiger partial charge in [0.2, 0.25) is 0 Å². The monoisotopic (exact) mass is 368 g/mol. The highest BCUT2D eigenvalue weighted by Crippen LogP contribution is 2.20. The zero-order valence-electron chi connectivity index (χ0n) is 14.2. The topological polar surface area (TPSA) is 141 Å². The Labute approximate surface area is 153 Å². The predicted molar refractivity (Wildman–Crippen MR) is 96.1 cm³/mol. The SMILES string of the molecule is Cc1cc(C(=O)O)cc(C(=O)O)c1.O=C(O)c1c[nH]nc1-c1ccccc1. The minimum absolute atomic E-state index is 0.00241. The van der Waals surface area contributed by atoms with Gasteiger partial charge >= 0.3 is 17.9 Å². The number of aromatic carboxylic acids is 3. The summed E-state index contributed by atoms with van der Waals surface area (Å²) in [5, 5.41) is 32.6. The number of carboxylic acids is 3. The maximum atomic E-state index is 10.8. The molecule has 3 rings (SSSR count). The van der Waals surface area contributed by atoms with Gasteiger partial charge in [-0.2, -0.15) is 5.10 Å². The summed E-state index contributed by atoms with van der Waals surface area (Å²) in [5.74, 6) is -3.21. The van der Waals surface area contributed by atoms with E-state index in [4.69, 9.17) is 15.3 Å². The van der Waals surface area contributed by atoms with Crippen LogP contribution in [-0.2, 0) is 0 Å². The Morgan fingerprint density at radius 2 is 1.41 bits per heavy atom. The van der Waals surface area contributed by atoms with Crippen molar-refractivity contribution in [3.05, 3.63) is 77.0 Å². The van der Waals surface area contributed by atoms with Crippen LogP contribution in [0.3, 0.4) is 0 Å². The third-order valence-corrected chi connectivity index (χ3v) is 3.49. The summed E-state index contributed by atoms with van der Waals surface area (Å²) in [6, 6.07) is 13.2. The fourth-order valence-electron chi connectivity index (χ4n) is 2.30. The molecule has 8 nitrogen and oxygen atoms in total. The van der Waals surface area contributed by atoms with E-state index in [1.807, 2.05) is 30.3 Å². The van der Waals surface area contributed by atoms with Gasteiger partial charge in [0.25, 0.3) is 0 Å². The second kappa shape index (κ2) is 8.43. The molecule has 4 N–H and O–H groups in total. The minimum atomic E-state index is -1.12. The Bertz CT molecular complexity index is 947. The normalized spacial score (nSPS) is 9.81. The van der Waals surface area contributed by atoms with Crippen LogP contribution < -0.4 is 0 Å². The van der Waals surface area contributed by atoms with Gasteiger partial charge in [-0.15, -0.1) is 0 Å². The molecular formula is C19H16N2O6. The molecule has 0 saturated carbocycles. The van der Waals surface area contributed by atoms with Crippen molar-refractivity contribution in [1.29, 1.82) is 0 Å². The molecule has 0 fully saturated rings. The second-order valence-electron chi connectivity index (χ2n) is 5.52. The van der Waals surface area contributed by atoms with Crippen molar-refractivity contribution in [2.45, 2.75) is 6.92 Å². The highest BCUT2D eigenvalue weighted by Gasteiger charge is 2.13. The molecule has 27 heavy (non-hydrogen) atoms. The molecule has 0 aliphatic rings. The fraction of sp³-hybridized carbons (Fsp3) is 0.0526. The van der Waals surface area contributed by atoms with E-state index in [1.54, 1.807) is 6.92 Å². The van der Waals surface area contributed by atoms with Crippen LogP contribution in [0.2, 0.25) is 0 Å². The predicted octanol–water partition coefficient (Wildman–Crippen LogP) is 3.17. The molecule has 0 saturated heterocycles. The molecule has 0 spiro atoms. The van der Waals surface area contributed by atoms with Crippen LogP contribution >= 0.6 is 0 Å². The molecule has 0 atom stereocenters. The van der Waals surface area contributed by atoms with Crippen molar-refractivity contribution in [3.8, 4) is 11.3 Å².